The van der Waals surface area contributed by atoms with Crippen molar-refractivity contribution in [2.24, 2.45) is 0 Å². The van der Waals surface area contributed by atoms with E-state index < -0.39 is 5.76 Å². The molecule has 86 valence electrons. The van der Waals surface area contributed by atoms with Gasteiger partial charge < -0.3 is 4.42 Å². The van der Waals surface area contributed by atoms with Crippen LogP contribution in [0.1, 0.15) is 12.0 Å². The quantitative estimate of drug-likeness (QED) is 0.803. The number of hydrogen-bond donors (Lipinski definition) is 0. The first-order valence-corrected chi connectivity index (χ1v) is 5.22. The van der Waals surface area contributed by atoms with Crippen LogP contribution in [0.5, 0.6) is 0 Å². The van der Waals surface area contributed by atoms with Crippen molar-refractivity contribution in [1.29, 1.82) is 5.26 Å². The minimum absolute atomic E-state index is 0.236. The lowest BCUT2D eigenvalue weighted by Crippen LogP contribution is -2.15. The van der Waals surface area contributed by atoms with Gasteiger partial charge in [-0.3, -0.25) is 0 Å². The van der Waals surface area contributed by atoms with Crippen LogP contribution in [0.2, 0.25) is 0 Å². The highest BCUT2D eigenvalue weighted by molar-refractivity contribution is 5.52. The fraction of sp³-hybridized carbons (Fsp3) is 0.250. The summed E-state index contributed by atoms with van der Waals surface area (Å²) < 4.78 is 6.19. The van der Waals surface area contributed by atoms with Gasteiger partial charge in [0.15, 0.2) is 0 Å². The van der Waals surface area contributed by atoms with Crippen molar-refractivity contribution in [2.45, 2.75) is 19.9 Å². The van der Waals surface area contributed by atoms with Crippen LogP contribution >= 0.6 is 0 Å². The first-order valence-electron chi connectivity index (χ1n) is 5.22. The third kappa shape index (κ3) is 2.42. The predicted molar refractivity (Wildman–Crippen MR) is 61.2 cm³/mol. The summed E-state index contributed by atoms with van der Waals surface area (Å²) in [6, 6.07) is 9.48. The molecule has 5 nitrogen and oxygen atoms in total. The molecule has 17 heavy (non-hydrogen) atoms. The Morgan fingerprint density at radius 3 is 2.76 bits per heavy atom. The van der Waals surface area contributed by atoms with Gasteiger partial charge in [-0.1, -0.05) is 17.7 Å². The monoisotopic (exact) mass is 229 g/mol. The minimum atomic E-state index is -0.532. The van der Waals surface area contributed by atoms with Crippen LogP contribution in [0.15, 0.2) is 33.5 Å². The molecule has 0 saturated carbocycles. The van der Waals surface area contributed by atoms with Crippen LogP contribution in [0.3, 0.4) is 0 Å². The van der Waals surface area contributed by atoms with Crippen molar-refractivity contribution in [1.82, 2.24) is 9.78 Å². The summed E-state index contributed by atoms with van der Waals surface area (Å²) in [5.74, 6) is -0.247. The molecule has 0 bridgehead atoms. The standard InChI is InChI=1S/C12H11N3O2/c1-9-3-5-10(6-4-9)11-14-15(8-2-7-13)12(16)17-11/h3-6H,2,8H2,1H3. The summed E-state index contributed by atoms with van der Waals surface area (Å²) >= 11 is 0. The van der Waals surface area contributed by atoms with Gasteiger partial charge in [-0.25, -0.2) is 4.79 Å². The van der Waals surface area contributed by atoms with Gasteiger partial charge >= 0.3 is 5.76 Å². The molecule has 0 aliphatic rings. The molecule has 5 heteroatoms. The largest absolute Gasteiger partial charge is 0.437 e. The maximum Gasteiger partial charge on any atom is 0.437 e. The minimum Gasteiger partial charge on any atom is -0.388 e. The molecule has 0 unspecified atom stereocenters. The van der Waals surface area contributed by atoms with Gasteiger partial charge in [0, 0.05) is 5.56 Å². The average Bonchev–Trinajstić information content (AvgIpc) is 2.69. The normalized spacial score (nSPS) is 10.1. The summed E-state index contributed by atoms with van der Waals surface area (Å²) in [6.07, 6.45) is 0.236. The molecular weight excluding hydrogens is 218 g/mol. The molecule has 0 N–H and O–H groups in total. The van der Waals surface area contributed by atoms with Crippen LogP contribution < -0.4 is 5.76 Å². The van der Waals surface area contributed by atoms with Crippen LogP contribution in [0, 0.1) is 18.3 Å². The average molecular weight is 229 g/mol. The van der Waals surface area contributed by atoms with Crippen molar-refractivity contribution >= 4 is 0 Å². The van der Waals surface area contributed by atoms with Gasteiger partial charge in [-0.2, -0.15) is 9.94 Å². The van der Waals surface area contributed by atoms with E-state index in [9.17, 15) is 4.79 Å². The smallest absolute Gasteiger partial charge is 0.388 e. The number of benzene rings is 1. The summed E-state index contributed by atoms with van der Waals surface area (Å²) in [5.41, 5.74) is 1.88. The highest BCUT2D eigenvalue weighted by Crippen LogP contribution is 2.15. The molecule has 0 aliphatic carbocycles. The first kappa shape index (κ1) is 11.1. The lowest BCUT2D eigenvalue weighted by Gasteiger charge is -1.95. The first-order chi connectivity index (χ1) is 8.20. The van der Waals surface area contributed by atoms with Crippen molar-refractivity contribution in [3.05, 3.63) is 40.4 Å². The molecule has 1 aromatic heterocycles. The molecule has 0 saturated heterocycles. The van der Waals surface area contributed by atoms with E-state index in [1.165, 1.54) is 4.68 Å². The van der Waals surface area contributed by atoms with E-state index in [0.717, 1.165) is 11.1 Å². The van der Waals surface area contributed by atoms with Crippen molar-refractivity contribution in [3.8, 4) is 17.5 Å². The number of nitrogens with zero attached hydrogens (tertiary/aromatic N) is 3. The van der Waals surface area contributed by atoms with E-state index in [2.05, 4.69) is 5.10 Å². The fourth-order valence-corrected chi connectivity index (χ4v) is 1.42. The Labute approximate surface area is 97.9 Å². The number of hydrogen-bond acceptors (Lipinski definition) is 4. The van der Waals surface area contributed by atoms with Gasteiger partial charge in [0.2, 0.25) is 5.89 Å². The zero-order valence-electron chi connectivity index (χ0n) is 9.38. The Balaban J connectivity index is 2.31. The topological polar surface area (TPSA) is 71.8 Å². The number of rotatable bonds is 3. The molecule has 2 aromatic rings. The zero-order chi connectivity index (χ0) is 12.3. The molecule has 0 atom stereocenters. The molecule has 0 spiro atoms. The maximum atomic E-state index is 11.4. The molecule has 1 heterocycles. The molecule has 2 rings (SSSR count). The summed E-state index contributed by atoms with van der Waals surface area (Å²) in [4.78, 5) is 11.4. The van der Waals surface area contributed by atoms with Crippen LogP contribution in [-0.4, -0.2) is 9.78 Å². The summed E-state index contributed by atoms with van der Waals surface area (Å²) in [6.45, 7) is 2.23. The van der Waals surface area contributed by atoms with E-state index in [-0.39, 0.29) is 18.9 Å². The van der Waals surface area contributed by atoms with E-state index in [4.69, 9.17) is 9.68 Å². The van der Waals surface area contributed by atoms with Gasteiger partial charge in [0.25, 0.3) is 0 Å². The maximum absolute atomic E-state index is 11.4. The summed E-state index contributed by atoms with van der Waals surface area (Å²) in [7, 11) is 0. The molecule has 0 aliphatic heterocycles. The fourth-order valence-electron chi connectivity index (χ4n) is 1.42. The lowest BCUT2D eigenvalue weighted by molar-refractivity contribution is 0.484. The Morgan fingerprint density at radius 1 is 1.41 bits per heavy atom. The van der Waals surface area contributed by atoms with E-state index in [1.807, 2.05) is 37.3 Å². The lowest BCUT2D eigenvalue weighted by atomic mass is 10.1. The second kappa shape index (κ2) is 4.66. The van der Waals surface area contributed by atoms with E-state index in [0.29, 0.717) is 0 Å². The van der Waals surface area contributed by atoms with Crippen LogP contribution in [0.25, 0.3) is 11.5 Å². The van der Waals surface area contributed by atoms with Crippen LogP contribution in [0.4, 0.5) is 0 Å². The van der Waals surface area contributed by atoms with E-state index >= 15 is 0 Å². The van der Waals surface area contributed by atoms with Gasteiger partial charge in [-0.05, 0) is 19.1 Å². The Morgan fingerprint density at radius 2 is 2.12 bits per heavy atom. The third-order valence-corrected chi connectivity index (χ3v) is 2.34. The highest BCUT2D eigenvalue weighted by atomic mass is 16.4. The molecule has 0 amide bonds. The van der Waals surface area contributed by atoms with Gasteiger partial charge in [-0.15, -0.1) is 5.10 Å². The number of aromatic nitrogens is 2. The van der Waals surface area contributed by atoms with Crippen molar-refractivity contribution in [2.75, 3.05) is 0 Å². The molecule has 0 radical (unpaired) electrons. The molecule has 1 aromatic carbocycles. The Bertz CT molecular complexity index is 602. The van der Waals surface area contributed by atoms with Gasteiger partial charge in [0.1, 0.15) is 0 Å². The molecule has 0 fully saturated rings. The zero-order valence-corrected chi connectivity index (χ0v) is 9.38. The Kier molecular flexibility index (Phi) is 3.06. The molecular formula is C12H11N3O2. The predicted octanol–water partition coefficient (Wildman–Crippen LogP) is 1.73. The SMILES string of the molecule is Cc1ccc(-c2nn(CCC#N)c(=O)o2)cc1. The number of aryl methyl sites for hydroxylation is 2. The Hall–Kier alpha value is -2.35. The van der Waals surface area contributed by atoms with Crippen LogP contribution in [-0.2, 0) is 6.54 Å². The van der Waals surface area contributed by atoms with Crippen molar-refractivity contribution in [3.63, 3.8) is 0 Å². The highest BCUT2D eigenvalue weighted by Gasteiger charge is 2.09. The summed E-state index contributed by atoms with van der Waals surface area (Å²) in [5, 5.41) is 12.5. The number of nitriles is 1. The van der Waals surface area contributed by atoms with Crippen molar-refractivity contribution < 1.29 is 4.42 Å². The van der Waals surface area contributed by atoms with E-state index in [1.54, 1.807) is 0 Å². The second-order valence-corrected chi connectivity index (χ2v) is 3.67. The van der Waals surface area contributed by atoms with Gasteiger partial charge in [0.05, 0.1) is 19.0 Å². The third-order valence-electron chi connectivity index (χ3n) is 2.34. The second-order valence-electron chi connectivity index (χ2n) is 3.67.